The number of ether oxygens (including phenoxy) is 1. The van der Waals surface area contributed by atoms with Crippen LogP contribution in [0.3, 0.4) is 0 Å². The van der Waals surface area contributed by atoms with Crippen LogP contribution in [0, 0.1) is 5.82 Å². The second-order valence-corrected chi connectivity index (χ2v) is 5.76. The molecule has 1 amide bonds. The van der Waals surface area contributed by atoms with Crippen molar-refractivity contribution in [2.45, 2.75) is 13.0 Å². The molecule has 1 aromatic heterocycles. The smallest absolute Gasteiger partial charge is 0.266 e. The zero-order valence-corrected chi connectivity index (χ0v) is 12.5. The summed E-state index contributed by atoms with van der Waals surface area (Å²) in [6.45, 7) is 2.34. The molecule has 1 aromatic carbocycles. The Morgan fingerprint density at radius 2 is 2.25 bits per heavy atom. The van der Waals surface area contributed by atoms with Crippen molar-refractivity contribution in [2.75, 3.05) is 26.5 Å². The lowest BCUT2D eigenvalue weighted by Gasteiger charge is -2.23. The van der Waals surface area contributed by atoms with E-state index in [1.54, 1.807) is 25.1 Å². The van der Waals surface area contributed by atoms with Crippen molar-refractivity contribution in [1.82, 2.24) is 4.90 Å². The first-order valence-corrected chi connectivity index (χ1v) is 7.01. The summed E-state index contributed by atoms with van der Waals surface area (Å²) >= 11 is 1.28. The molecule has 0 aliphatic carbocycles. The van der Waals surface area contributed by atoms with Crippen LogP contribution >= 0.6 is 11.3 Å². The van der Waals surface area contributed by atoms with E-state index in [9.17, 15) is 9.18 Å². The van der Waals surface area contributed by atoms with Crippen molar-refractivity contribution in [3.63, 3.8) is 0 Å². The Kier molecular flexibility index (Phi) is 4.25. The molecule has 2 aromatic rings. The van der Waals surface area contributed by atoms with E-state index in [1.807, 2.05) is 6.92 Å². The van der Waals surface area contributed by atoms with Crippen LogP contribution in [-0.4, -0.2) is 37.6 Å². The number of thiophene rings is 1. The summed E-state index contributed by atoms with van der Waals surface area (Å²) in [6, 6.07) is 4.30. The maximum Gasteiger partial charge on any atom is 0.266 e. The number of likely N-dealkylation sites (N-methyl/N-ethyl adjacent to an activating group) is 1. The van der Waals surface area contributed by atoms with E-state index < -0.39 is 0 Å². The Bertz CT molecular complexity index is 641. The van der Waals surface area contributed by atoms with Gasteiger partial charge in [0, 0.05) is 24.2 Å². The van der Waals surface area contributed by atoms with Crippen LogP contribution in [0.25, 0.3) is 10.1 Å². The number of carbonyl (C=O) groups excluding carboxylic acids is 1. The highest BCUT2D eigenvalue weighted by Crippen LogP contribution is 2.34. The van der Waals surface area contributed by atoms with E-state index in [0.717, 1.165) is 4.70 Å². The highest BCUT2D eigenvalue weighted by Gasteiger charge is 2.23. The number of anilines is 1. The lowest BCUT2D eigenvalue weighted by atomic mass is 10.2. The van der Waals surface area contributed by atoms with Crippen molar-refractivity contribution < 1.29 is 13.9 Å². The number of rotatable bonds is 4. The number of benzene rings is 1. The first-order valence-electron chi connectivity index (χ1n) is 6.19. The fourth-order valence-electron chi connectivity index (χ4n) is 1.96. The van der Waals surface area contributed by atoms with Gasteiger partial charge in [-0.05, 0) is 25.1 Å². The standard InChI is InChI=1S/C14H17FN2O2S/c1-8(7-19-3)17(2)14(18)13-12(16)10-6-9(15)4-5-11(10)20-13/h4-6,8H,7,16H2,1-3H3. The molecule has 0 saturated heterocycles. The molecule has 2 N–H and O–H groups in total. The van der Waals surface area contributed by atoms with Crippen LogP contribution in [-0.2, 0) is 4.74 Å². The van der Waals surface area contributed by atoms with Crippen LogP contribution in [0.4, 0.5) is 10.1 Å². The van der Waals surface area contributed by atoms with E-state index >= 15 is 0 Å². The van der Waals surface area contributed by atoms with Crippen molar-refractivity contribution in [3.05, 3.63) is 28.9 Å². The molecule has 1 unspecified atom stereocenters. The second kappa shape index (κ2) is 5.76. The number of carbonyl (C=O) groups is 1. The van der Waals surface area contributed by atoms with E-state index in [1.165, 1.54) is 23.5 Å². The molecule has 1 heterocycles. The molecule has 0 saturated carbocycles. The zero-order valence-electron chi connectivity index (χ0n) is 11.6. The first kappa shape index (κ1) is 14.7. The van der Waals surface area contributed by atoms with Gasteiger partial charge in [0.25, 0.3) is 5.91 Å². The fourth-order valence-corrected chi connectivity index (χ4v) is 3.05. The normalized spacial score (nSPS) is 12.6. The summed E-state index contributed by atoms with van der Waals surface area (Å²) in [4.78, 5) is 14.5. The maximum absolute atomic E-state index is 13.3. The van der Waals surface area contributed by atoms with Gasteiger partial charge in [0.15, 0.2) is 0 Å². The molecule has 6 heteroatoms. The molecule has 0 fully saturated rings. The molecular formula is C14H17FN2O2S. The molecule has 4 nitrogen and oxygen atoms in total. The lowest BCUT2D eigenvalue weighted by molar-refractivity contribution is 0.0639. The van der Waals surface area contributed by atoms with E-state index in [-0.39, 0.29) is 17.8 Å². The van der Waals surface area contributed by atoms with Gasteiger partial charge in [-0.2, -0.15) is 0 Å². The number of hydrogen-bond donors (Lipinski definition) is 1. The molecule has 0 aliphatic rings. The number of nitrogen functional groups attached to an aromatic ring is 1. The molecule has 0 aliphatic heterocycles. The zero-order chi connectivity index (χ0) is 14.9. The number of nitrogens with two attached hydrogens (primary N) is 1. The van der Waals surface area contributed by atoms with Gasteiger partial charge < -0.3 is 15.4 Å². The van der Waals surface area contributed by atoms with Crippen LogP contribution in [0.2, 0.25) is 0 Å². The molecular weight excluding hydrogens is 279 g/mol. The largest absolute Gasteiger partial charge is 0.397 e. The number of fused-ring (bicyclic) bond motifs is 1. The minimum Gasteiger partial charge on any atom is -0.397 e. The summed E-state index contributed by atoms with van der Waals surface area (Å²) < 4.78 is 19.1. The second-order valence-electron chi connectivity index (χ2n) is 4.71. The Labute approximate surface area is 120 Å². The number of halogens is 1. The van der Waals surface area contributed by atoms with Gasteiger partial charge in [-0.25, -0.2) is 4.39 Å². The van der Waals surface area contributed by atoms with Crippen molar-refractivity contribution in [2.24, 2.45) is 0 Å². The topological polar surface area (TPSA) is 55.6 Å². The first-order chi connectivity index (χ1) is 9.45. The number of methoxy groups -OCH3 is 1. The summed E-state index contributed by atoms with van der Waals surface area (Å²) in [6.07, 6.45) is 0. The average Bonchev–Trinajstić information content (AvgIpc) is 2.74. The average molecular weight is 296 g/mol. The van der Waals surface area contributed by atoms with Gasteiger partial charge in [-0.15, -0.1) is 11.3 Å². The minimum absolute atomic E-state index is 0.0613. The summed E-state index contributed by atoms with van der Waals surface area (Å²) in [5.74, 6) is -0.532. The maximum atomic E-state index is 13.3. The van der Waals surface area contributed by atoms with Gasteiger partial charge in [-0.1, -0.05) is 0 Å². The van der Waals surface area contributed by atoms with Crippen molar-refractivity contribution in [3.8, 4) is 0 Å². The van der Waals surface area contributed by atoms with E-state index in [2.05, 4.69) is 0 Å². The van der Waals surface area contributed by atoms with Gasteiger partial charge in [0.2, 0.25) is 0 Å². The predicted molar refractivity (Wildman–Crippen MR) is 79.6 cm³/mol. The van der Waals surface area contributed by atoms with Crippen LogP contribution in [0.5, 0.6) is 0 Å². The van der Waals surface area contributed by atoms with Gasteiger partial charge in [-0.3, -0.25) is 4.79 Å². The third kappa shape index (κ3) is 2.62. The van der Waals surface area contributed by atoms with Gasteiger partial charge in [0.05, 0.1) is 18.3 Å². The molecule has 0 bridgehead atoms. The third-order valence-corrected chi connectivity index (χ3v) is 4.45. The quantitative estimate of drug-likeness (QED) is 0.944. The molecule has 108 valence electrons. The Morgan fingerprint density at radius 3 is 2.90 bits per heavy atom. The Hall–Kier alpha value is -1.66. The Morgan fingerprint density at radius 1 is 1.55 bits per heavy atom. The third-order valence-electron chi connectivity index (χ3n) is 3.27. The SMILES string of the molecule is COCC(C)N(C)C(=O)c1sc2ccc(F)cc2c1N. The van der Waals surface area contributed by atoms with Crippen LogP contribution in [0.1, 0.15) is 16.6 Å². The molecule has 0 radical (unpaired) electrons. The predicted octanol–water partition coefficient (Wildman–Crippen LogP) is 2.73. The molecule has 2 rings (SSSR count). The van der Waals surface area contributed by atoms with Crippen LogP contribution < -0.4 is 5.73 Å². The number of nitrogens with zero attached hydrogens (tertiary/aromatic N) is 1. The van der Waals surface area contributed by atoms with E-state index in [0.29, 0.717) is 22.6 Å². The number of hydrogen-bond acceptors (Lipinski definition) is 4. The molecule has 1 atom stereocenters. The summed E-state index contributed by atoms with van der Waals surface area (Å²) in [7, 11) is 3.29. The van der Waals surface area contributed by atoms with Gasteiger partial charge >= 0.3 is 0 Å². The highest BCUT2D eigenvalue weighted by molar-refractivity contribution is 7.21. The minimum atomic E-state index is -0.359. The van der Waals surface area contributed by atoms with Crippen molar-refractivity contribution in [1.29, 1.82) is 0 Å². The Balaban J connectivity index is 2.37. The summed E-state index contributed by atoms with van der Waals surface area (Å²) in [5.41, 5.74) is 6.32. The van der Waals surface area contributed by atoms with Gasteiger partial charge in [0.1, 0.15) is 10.7 Å². The molecule has 0 spiro atoms. The lowest BCUT2D eigenvalue weighted by Crippen LogP contribution is -2.37. The highest BCUT2D eigenvalue weighted by atomic mass is 32.1. The summed E-state index contributed by atoms with van der Waals surface area (Å²) in [5, 5.41) is 0.589. The van der Waals surface area contributed by atoms with Crippen LogP contribution in [0.15, 0.2) is 18.2 Å². The van der Waals surface area contributed by atoms with Crippen molar-refractivity contribution >= 4 is 33.0 Å². The number of amides is 1. The monoisotopic (exact) mass is 296 g/mol. The molecule has 20 heavy (non-hydrogen) atoms. The fraction of sp³-hybridized carbons (Fsp3) is 0.357. The van der Waals surface area contributed by atoms with E-state index in [4.69, 9.17) is 10.5 Å².